The van der Waals surface area contributed by atoms with E-state index in [0.717, 1.165) is 0 Å². The molecule has 0 aliphatic carbocycles. The maximum atomic E-state index is 2.26. The van der Waals surface area contributed by atoms with Crippen LogP contribution in [0.4, 0.5) is 0 Å². The molecule has 1 aromatic heterocycles. The monoisotopic (exact) mass is 238 g/mol. The Hall–Kier alpha value is -1.89. The third-order valence-electron chi connectivity index (χ3n) is 3.28. The lowest BCUT2D eigenvalue weighted by atomic mass is 10.0. The molecule has 92 valence electrons. The number of pyridine rings is 1. The molecule has 0 spiro atoms. The van der Waals surface area contributed by atoms with E-state index in [9.17, 15) is 0 Å². The van der Waals surface area contributed by atoms with E-state index < -0.39 is 0 Å². The van der Waals surface area contributed by atoms with Gasteiger partial charge in [-0.05, 0) is 38.0 Å². The molecule has 0 bridgehead atoms. The second kappa shape index (κ2) is 5.18. The molecule has 2 aromatic rings. The Morgan fingerprint density at radius 3 is 2.44 bits per heavy atom. The Labute approximate surface area is 109 Å². The Bertz CT molecular complexity index is 595. The average Bonchev–Trinajstić information content (AvgIpc) is 2.34. The van der Waals surface area contributed by atoms with Crippen molar-refractivity contribution < 1.29 is 4.57 Å². The fourth-order valence-electron chi connectivity index (χ4n) is 2.28. The summed E-state index contributed by atoms with van der Waals surface area (Å²) in [4.78, 5) is 0. The van der Waals surface area contributed by atoms with Crippen molar-refractivity contribution in [2.45, 2.75) is 20.8 Å². The molecule has 0 saturated heterocycles. The normalized spacial score (nSPS) is 11.1. The first-order valence-corrected chi connectivity index (χ1v) is 6.32. The summed E-state index contributed by atoms with van der Waals surface area (Å²) < 4.78 is 2.20. The van der Waals surface area contributed by atoms with E-state index in [2.05, 4.69) is 81.1 Å². The van der Waals surface area contributed by atoms with Crippen LogP contribution in [0, 0.1) is 13.8 Å². The number of nitrogens with zero attached hydrogens (tertiary/aromatic N) is 1. The highest BCUT2D eigenvalue weighted by atomic mass is 14.9. The Balaban J connectivity index is 2.65. The van der Waals surface area contributed by atoms with Crippen molar-refractivity contribution >= 4 is 6.08 Å². The molecule has 1 aromatic carbocycles. The van der Waals surface area contributed by atoms with E-state index in [4.69, 9.17) is 0 Å². The number of benzene rings is 1. The predicted octanol–water partition coefficient (Wildman–Crippen LogP) is 3.83. The molecule has 1 heteroatoms. The summed E-state index contributed by atoms with van der Waals surface area (Å²) in [6.07, 6.45) is 6.44. The van der Waals surface area contributed by atoms with Crippen molar-refractivity contribution in [3.63, 3.8) is 0 Å². The minimum atomic E-state index is 1.26. The van der Waals surface area contributed by atoms with Gasteiger partial charge >= 0.3 is 0 Å². The summed E-state index contributed by atoms with van der Waals surface area (Å²) in [6.45, 7) is 6.36. The molecule has 0 fully saturated rings. The Morgan fingerprint density at radius 2 is 1.78 bits per heavy atom. The maximum absolute atomic E-state index is 2.26. The molecule has 0 N–H and O–H groups in total. The van der Waals surface area contributed by atoms with Crippen LogP contribution in [0.5, 0.6) is 0 Å². The minimum Gasteiger partial charge on any atom is -0.201 e. The Kier molecular flexibility index (Phi) is 3.61. The molecular weight excluding hydrogens is 218 g/mol. The summed E-state index contributed by atoms with van der Waals surface area (Å²) in [7, 11) is 2.11. The highest BCUT2D eigenvalue weighted by molar-refractivity contribution is 5.65. The number of rotatable bonds is 2. The lowest BCUT2D eigenvalue weighted by molar-refractivity contribution is -0.660. The number of allylic oxidation sites excluding steroid dienone is 1. The standard InChI is InChI=1S/C17H20N/c1-5-8-15-11-17(18(4)12-14(15)3)16-10-7-6-9-13(16)2/h5-12H,1-4H3/q+1/b8-5-. The molecule has 1 nitrogen and oxygen atoms in total. The third-order valence-corrected chi connectivity index (χ3v) is 3.28. The van der Waals surface area contributed by atoms with Crippen molar-refractivity contribution in [3.05, 3.63) is 59.3 Å². The summed E-state index contributed by atoms with van der Waals surface area (Å²) in [6, 6.07) is 10.8. The first kappa shape index (κ1) is 12.6. The van der Waals surface area contributed by atoms with Crippen LogP contribution in [-0.2, 0) is 7.05 Å². The van der Waals surface area contributed by atoms with Crippen molar-refractivity contribution in [2.24, 2.45) is 7.05 Å². The zero-order chi connectivity index (χ0) is 13.1. The van der Waals surface area contributed by atoms with Gasteiger partial charge < -0.3 is 0 Å². The molecule has 1 heterocycles. The smallest absolute Gasteiger partial charge is 0.201 e. The van der Waals surface area contributed by atoms with Crippen LogP contribution in [0.1, 0.15) is 23.6 Å². The van der Waals surface area contributed by atoms with Crippen LogP contribution in [0.15, 0.2) is 42.6 Å². The van der Waals surface area contributed by atoms with Gasteiger partial charge in [0.2, 0.25) is 5.69 Å². The maximum Gasteiger partial charge on any atom is 0.213 e. The molecule has 0 aliphatic heterocycles. The van der Waals surface area contributed by atoms with E-state index >= 15 is 0 Å². The lowest BCUT2D eigenvalue weighted by Crippen LogP contribution is -2.31. The highest BCUT2D eigenvalue weighted by Crippen LogP contribution is 2.22. The van der Waals surface area contributed by atoms with E-state index in [1.165, 1.54) is 27.9 Å². The van der Waals surface area contributed by atoms with E-state index in [-0.39, 0.29) is 0 Å². The molecule has 18 heavy (non-hydrogen) atoms. The van der Waals surface area contributed by atoms with Crippen molar-refractivity contribution in [2.75, 3.05) is 0 Å². The number of aryl methyl sites for hydroxylation is 3. The first-order chi connectivity index (χ1) is 8.63. The molecule has 0 amide bonds. The van der Waals surface area contributed by atoms with Crippen molar-refractivity contribution in [1.82, 2.24) is 0 Å². The van der Waals surface area contributed by atoms with E-state index in [1.54, 1.807) is 0 Å². The summed E-state index contributed by atoms with van der Waals surface area (Å²) in [5.41, 5.74) is 6.45. The van der Waals surface area contributed by atoms with E-state index in [1.807, 2.05) is 0 Å². The van der Waals surface area contributed by atoms with Gasteiger partial charge in [-0.2, -0.15) is 0 Å². The van der Waals surface area contributed by atoms with Crippen LogP contribution in [-0.4, -0.2) is 0 Å². The molecule has 0 unspecified atom stereocenters. The van der Waals surface area contributed by atoms with Crippen LogP contribution in [0.2, 0.25) is 0 Å². The molecule has 0 saturated carbocycles. The zero-order valence-electron chi connectivity index (χ0n) is 11.6. The summed E-state index contributed by atoms with van der Waals surface area (Å²) in [5, 5.41) is 0. The quantitative estimate of drug-likeness (QED) is 0.700. The number of aromatic nitrogens is 1. The highest BCUT2D eigenvalue weighted by Gasteiger charge is 2.13. The van der Waals surface area contributed by atoms with Crippen LogP contribution < -0.4 is 4.57 Å². The average molecular weight is 238 g/mol. The molecule has 0 aliphatic rings. The largest absolute Gasteiger partial charge is 0.213 e. The second-order valence-electron chi connectivity index (χ2n) is 4.72. The molecule has 0 radical (unpaired) electrons. The van der Waals surface area contributed by atoms with Gasteiger partial charge in [0.25, 0.3) is 0 Å². The first-order valence-electron chi connectivity index (χ1n) is 6.32. The van der Waals surface area contributed by atoms with Gasteiger partial charge in [-0.1, -0.05) is 30.4 Å². The van der Waals surface area contributed by atoms with Gasteiger partial charge in [0, 0.05) is 17.2 Å². The van der Waals surface area contributed by atoms with Gasteiger partial charge in [-0.15, -0.1) is 0 Å². The lowest BCUT2D eigenvalue weighted by Gasteiger charge is -2.07. The third kappa shape index (κ3) is 2.35. The van der Waals surface area contributed by atoms with Gasteiger partial charge in [0.05, 0.1) is 0 Å². The van der Waals surface area contributed by atoms with Crippen LogP contribution in [0.25, 0.3) is 17.3 Å². The fourth-order valence-corrected chi connectivity index (χ4v) is 2.28. The van der Waals surface area contributed by atoms with Crippen LogP contribution >= 0.6 is 0 Å². The predicted molar refractivity (Wildman–Crippen MR) is 77.2 cm³/mol. The topological polar surface area (TPSA) is 3.88 Å². The van der Waals surface area contributed by atoms with Crippen molar-refractivity contribution in [1.29, 1.82) is 0 Å². The molecular formula is C17H20N+. The number of hydrogen-bond donors (Lipinski definition) is 0. The van der Waals surface area contributed by atoms with Gasteiger partial charge in [-0.3, -0.25) is 0 Å². The van der Waals surface area contributed by atoms with Crippen LogP contribution in [0.3, 0.4) is 0 Å². The molecule has 0 atom stereocenters. The zero-order valence-corrected chi connectivity index (χ0v) is 11.6. The van der Waals surface area contributed by atoms with Gasteiger partial charge in [0.1, 0.15) is 7.05 Å². The Morgan fingerprint density at radius 1 is 1.06 bits per heavy atom. The molecule has 2 rings (SSSR count). The van der Waals surface area contributed by atoms with E-state index in [0.29, 0.717) is 0 Å². The number of hydrogen-bond acceptors (Lipinski definition) is 0. The second-order valence-corrected chi connectivity index (χ2v) is 4.72. The summed E-state index contributed by atoms with van der Waals surface area (Å²) in [5.74, 6) is 0. The summed E-state index contributed by atoms with van der Waals surface area (Å²) >= 11 is 0. The van der Waals surface area contributed by atoms with Crippen molar-refractivity contribution in [3.8, 4) is 11.3 Å². The van der Waals surface area contributed by atoms with Gasteiger partial charge in [-0.25, -0.2) is 4.57 Å². The van der Waals surface area contributed by atoms with Gasteiger partial charge in [0.15, 0.2) is 6.20 Å². The fraction of sp³-hybridized carbons (Fsp3) is 0.235. The minimum absolute atomic E-state index is 1.26. The SMILES string of the molecule is C/C=C\c1cc(-c2ccccc2C)[n+](C)cc1C.